The second-order valence-electron chi connectivity index (χ2n) is 7.88. The van der Waals surface area contributed by atoms with Crippen LogP contribution in [0.15, 0.2) is 0 Å². The first kappa shape index (κ1) is 26.1. The minimum Gasteiger partial charge on any atom is -0.388 e. The number of aliphatic hydroxyl groups excluding tert-OH is 1. The van der Waals surface area contributed by atoms with Gasteiger partial charge in [-0.1, -0.05) is 0 Å². The lowest BCUT2D eigenvalue weighted by Gasteiger charge is -2.24. The van der Waals surface area contributed by atoms with Crippen molar-refractivity contribution < 1.29 is 51.1 Å². The van der Waals surface area contributed by atoms with Crippen molar-refractivity contribution in [1.82, 2.24) is 0 Å². The van der Waals surface area contributed by atoms with E-state index in [-0.39, 0.29) is 13.2 Å². The number of rotatable bonds is 14. The third-order valence-electron chi connectivity index (χ3n) is 2.89. The summed E-state index contributed by atoms with van der Waals surface area (Å²) in [5.41, 5.74) is 0. The van der Waals surface area contributed by atoms with Gasteiger partial charge in [0.1, 0.15) is 32.4 Å². The molecule has 0 saturated heterocycles. The molecule has 0 bridgehead atoms. The Labute approximate surface area is 155 Å². The van der Waals surface area contributed by atoms with Crippen molar-refractivity contribution in [3.05, 3.63) is 0 Å². The van der Waals surface area contributed by atoms with Crippen LogP contribution >= 0.6 is 15.6 Å². The van der Waals surface area contributed by atoms with Crippen molar-refractivity contribution >= 4 is 15.6 Å². The van der Waals surface area contributed by atoms with Gasteiger partial charge in [-0.15, -0.1) is 0 Å². The average Bonchev–Trinajstić information content (AvgIpc) is 2.39. The van der Waals surface area contributed by atoms with E-state index in [1.165, 1.54) is 0 Å². The highest BCUT2D eigenvalue weighted by Crippen LogP contribution is 2.44. The fourth-order valence-corrected chi connectivity index (χ4v) is 2.84. The lowest BCUT2D eigenvalue weighted by atomic mass is 10.4. The average molecular weight is 424 g/mol. The molecule has 0 aromatic heterocycles. The van der Waals surface area contributed by atoms with Gasteiger partial charge in [0.2, 0.25) is 0 Å². The Morgan fingerprint density at radius 2 is 1.04 bits per heavy atom. The molecule has 158 valence electrons. The summed E-state index contributed by atoms with van der Waals surface area (Å²) in [7, 11) is 2.71. The Morgan fingerprint density at radius 1 is 0.731 bits per heavy atom. The molecule has 0 aromatic carbocycles. The zero-order valence-electron chi connectivity index (χ0n) is 16.4. The topological polar surface area (TPSA) is 132 Å². The zero-order chi connectivity index (χ0) is 20.6. The number of hydrogen-bond donors (Lipinski definition) is 3. The van der Waals surface area contributed by atoms with Crippen molar-refractivity contribution in [2.24, 2.45) is 0 Å². The smallest absolute Gasteiger partial charge is 0.388 e. The summed E-state index contributed by atoms with van der Waals surface area (Å²) in [4.78, 5) is 19.0. The van der Waals surface area contributed by atoms with E-state index in [1.54, 1.807) is 0 Å². The standard InChI is InChI=1S/C13H32N2O9P2/c1-14(2,3)7-9-21-25(17,18)23-11-13(16)12-24-26(19,20)22-10-8-15(4,5)6/h13,16H,7-12H2,1-6H3/p+2. The summed E-state index contributed by atoms with van der Waals surface area (Å²) in [6.45, 7) is -0.241. The molecule has 26 heavy (non-hydrogen) atoms. The largest absolute Gasteiger partial charge is 0.472 e. The molecule has 0 aliphatic heterocycles. The van der Waals surface area contributed by atoms with Crippen molar-refractivity contribution in [1.29, 1.82) is 0 Å². The van der Waals surface area contributed by atoms with Crippen LogP contribution in [0.5, 0.6) is 0 Å². The quantitative estimate of drug-likeness (QED) is 0.261. The van der Waals surface area contributed by atoms with Crippen LogP contribution in [-0.2, 0) is 27.2 Å². The molecule has 0 aromatic rings. The van der Waals surface area contributed by atoms with Crippen molar-refractivity contribution in [3.8, 4) is 0 Å². The summed E-state index contributed by atoms with van der Waals surface area (Å²) < 4.78 is 43.2. The van der Waals surface area contributed by atoms with Gasteiger partial charge in [-0.3, -0.25) is 18.1 Å². The molecule has 0 heterocycles. The van der Waals surface area contributed by atoms with Gasteiger partial charge >= 0.3 is 15.6 Å². The number of likely N-dealkylation sites (N-methyl/N-ethyl adjacent to an activating group) is 2. The minimum atomic E-state index is -4.32. The molecule has 3 N–H and O–H groups in total. The maximum atomic E-state index is 11.7. The molecule has 11 nitrogen and oxygen atoms in total. The number of phosphoric acid groups is 2. The third kappa shape index (κ3) is 16.3. The highest BCUT2D eigenvalue weighted by molar-refractivity contribution is 7.47. The summed E-state index contributed by atoms with van der Waals surface area (Å²) in [6.07, 6.45) is -1.40. The first-order valence-electron chi connectivity index (χ1n) is 8.04. The highest BCUT2D eigenvalue weighted by Gasteiger charge is 2.27. The van der Waals surface area contributed by atoms with Gasteiger partial charge in [-0.05, 0) is 0 Å². The van der Waals surface area contributed by atoms with Crippen LogP contribution in [0, 0.1) is 0 Å². The second-order valence-corrected chi connectivity index (χ2v) is 10.8. The minimum absolute atomic E-state index is 0.00413. The number of nitrogens with zero attached hydrogens (tertiary/aromatic N) is 2. The van der Waals surface area contributed by atoms with E-state index in [1.807, 2.05) is 42.3 Å². The third-order valence-corrected chi connectivity index (χ3v) is 4.86. The maximum Gasteiger partial charge on any atom is 0.472 e. The Morgan fingerprint density at radius 3 is 1.31 bits per heavy atom. The molecule has 2 atom stereocenters. The molecule has 0 fully saturated rings. The normalized spacial score (nSPS) is 19.0. The maximum absolute atomic E-state index is 11.7. The molecule has 0 amide bonds. The predicted octanol–water partition coefficient (Wildman–Crippen LogP) is 0.0269. The van der Waals surface area contributed by atoms with Crippen LogP contribution < -0.4 is 0 Å². The van der Waals surface area contributed by atoms with Crippen molar-refractivity contribution in [2.45, 2.75) is 6.10 Å². The van der Waals surface area contributed by atoms with E-state index in [9.17, 15) is 24.0 Å². The molecule has 0 aliphatic carbocycles. The van der Waals surface area contributed by atoms with E-state index < -0.39 is 35.0 Å². The molecule has 0 aliphatic rings. The number of aliphatic hydroxyl groups is 1. The van der Waals surface area contributed by atoms with Crippen LogP contribution in [-0.4, -0.2) is 112 Å². The fraction of sp³-hybridized carbons (Fsp3) is 1.00. The Hall–Kier alpha value is 0.1000. The first-order chi connectivity index (χ1) is 11.5. The summed E-state index contributed by atoms with van der Waals surface area (Å²) in [5.74, 6) is 0. The second kappa shape index (κ2) is 10.6. The SMILES string of the molecule is C[N+](C)(C)CCOP(=O)(O)OCC(O)COP(=O)(O)OCC[N+](C)(C)C. The monoisotopic (exact) mass is 424 g/mol. The Balaban J connectivity index is 4.11. The van der Waals surface area contributed by atoms with Crippen LogP contribution in [0.2, 0.25) is 0 Å². The molecule has 0 saturated carbocycles. The molecular formula is C13H34N2O9P2+2. The van der Waals surface area contributed by atoms with Gasteiger partial charge in [-0.25, -0.2) is 9.13 Å². The number of phosphoric ester groups is 2. The fourth-order valence-electron chi connectivity index (χ4n) is 1.34. The molecule has 2 unspecified atom stereocenters. The lowest BCUT2D eigenvalue weighted by Crippen LogP contribution is -2.37. The molecule has 0 rings (SSSR count). The zero-order valence-corrected chi connectivity index (χ0v) is 18.2. The first-order valence-corrected chi connectivity index (χ1v) is 11.0. The van der Waals surface area contributed by atoms with Crippen LogP contribution in [0.25, 0.3) is 0 Å². The highest BCUT2D eigenvalue weighted by atomic mass is 31.2. The van der Waals surface area contributed by atoms with Gasteiger partial charge in [0, 0.05) is 0 Å². The van der Waals surface area contributed by atoms with Gasteiger partial charge in [-0.2, -0.15) is 0 Å². The van der Waals surface area contributed by atoms with Gasteiger partial charge in [0.25, 0.3) is 0 Å². The molecule has 0 radical (unpaired) electrons. The van der Waals surface area contributed by atoms with E-state index in [0.29, 0.717) is 22.1 Å². The number of hydrogen-bond acceptors (Lipinski definition) is 7. The van der Waals surface area contributed by atoms with E-state index in [2.05, 4.69) is 9.05 Å². The molecule has 0 spiro atoms. The van der Waals surface area contributed by atoms with E-state index in [4.69, 9.17) is 9.05 Å². The van der Waals surface area contributed by atoms with Crippen LogP contribution in [0.4, 0.5) is 0 Å². The van der Waals surface area contributed by atoms with Crippen LogP contribution in [0.1, 0.15) is 0 Å². The van der Waals surface area contributed by atoms with Gasteiger partial charge < -0.3 is 23.9 Å². The summed E-state index contributed by atoms with van der Waals surface area (Å²) in [5, 5.41) is 9.65. The predicted molar refractivity (Wildman–Crippen MR) is 95.3 cm³/mol. The van der Waals surface area contributed by atoms with Crippen molar-refractivity contribution in [2.75, 3.05) is 81.8 Å². The Kier molecular flexibility index (Phi) is 10.6. The van der Waals surface area contributed by atoms with Crippen LogP contribution in [0.3, 0.4) is 0 Å². The van der Waals surface area contributed by atoms with Gasteiger partial charge in [0.15, 0.2) is 0 Å². The van der Waals surface area contributed by atoms with E-state index in [0.717, 1.165) is 0 Å². The molecular weight excluding hydrogens is 390 g/mol. The van der Waals surface area contributed by atoms with E-state index >= 15 is 0 Å². The summed E-state index contributed by atoms with van der Waals surface area (Å²) in [6, 6.07) is 0. The lowest BCUT2D eigenvalue weighted by molar-refractivity contribution is -0.870. The number of quaternary nitrogens is 2. The summed E-state index contributed by atoms with van der Waals surface area (Å²) >= 11 is 0. The van der Waals surface area contributed by atoms with Crippen molar-refractivity contribution in [3.63, 3.8) is 0 Å². The Bertz CT molecular complexity index is 461. The van der Waals surface area contributed by atoms with Gasteiger partial charge in [0.05, 0.1) is 55.5 Å². The molecule has 13 heteroatoms.